The number of amides is 4. The average Bonchev–Trinajstić information content (AvgIpc) is 1.75. The predicted molar refractivity (Wildman–Crippen MR) is 326 cm³/mol. The average molecular weight is 1340 g/mol. The summed E-state index contributed by atoms with van der Waals surface area (Å²) in [4.78, 5) is 95.0. The standard InChI is InChI=1S/C30H36F2N6O5.C29H34F2N6O6.CH4.Li.2H2O.H3P.V/c1-17(39)19-7-9-21(10-8-19)38-15-22(25(36-38)26(31)32)34-27(40)23-16-42-28(35-23)20-11-12-33-24(13-20)37(14-18-5-6-18)29(41)43-30(2,3)4;1-29(2,3)43-28(41)36(13-16-4-5-16)22-12-18(10-11-32-22)26-34-21(15-42-26)25(38)33-20-14-37(35-23(20)24(30)31)19-8-6-17(7-9-19)27(39)40;;;;;;/h11-13,15-16,18-19,21,26H,5-10,14H2,1-4H3,(H,34,40);10-12,14-17,19,24H,4-9,13H2,1-3H3,(H,33,38)(H,39,40);1H4;;2*1H2;1H3;/q;;;+1;;;;/p-1. The first-order valence-corrected chi connectivity index (χ1v) is 28.7. The van der Waals surface area contributed by atoms with E-state index in [0.29, 0.717) is 99.1 Å². The van der Waals surface area contributed by atoms with Crippen LogP contribution in [0, 0.1) is 23.7 Å². The van der Waals surface area contributed by atoms with Gasteiger partial charge >= 0.3 is 37.0 Å². The number of carbonyl (C=O) groups excluding carboxylic acids is 5. The van der Waals surface area contributed by atoms with Gasteiger partial charge in [0.1, 0.15) is 41.1 Å². The fraction of sp³-hybridized carbons (Fsp3) is 0.533. The van der Waals surface area contributed by atoms with Gasteiger partial charge in [0, 0.05) is 73.5 Å². The topological polar surface area (TPSA) is 347 Å². The Labute approximate surface area is 557 Å². The zero-order valence-electron chi connectivity index (χ0n) is 51.9. The minimum atomic E-state index is -2.95. The van der Waals surface area contributed by atoms with Gasteiger partial charge in [0.25, 0.3) is 24.7 Å². The van der Waals surface area contributed by atoms with Crippen LogP contribution < -0.4 is 39.3 Å². The molecule has 25 nitrogen and oxygen atoms in total. The van der Waals surface area contributed by atoms with Gasteiger partial charge in [-0.15, -0.1) is 0 Å². The molecular formula is C60H80F4LiN12O13PV. The molecule has 4 saturated carbocycles. The number of anilines is 4. The molecule has 6 heterocycles. The maximum absolute atomic E-state index is 13.8. The number of carboxylic acid groups (broad SMARTS) is 1. The van der Waals surface area contributed by atoms with Gasteiger partial charge in [0.15, 0.2) is 22.8 Å². The quantitative estimate of drug-likeness (QED) is 0.0409. The Balaban J connectivity index is 0.000000451. The van der Waals surface area contributed by atoms with Crippen molar-refractivity contribution in [3.05, 3.63) is 84.4 Å². The molecule has 4 aliphatic rings. The van der Waals surface area contributed by atoms with Crippen molar-refractivity contribution in [3.8, 4) is 22.9 Å². The first-order chi connectivity index (χ1) is 40.7. The van der Waals surface area contributed by atoms with Crippen molar-refractivity contribution >= 4 is 68.7 Å². The molecule has 1 radical (unpaired) electrons. The number of ketones is 1. The second kappa shape index (κ2) is 33.7. The van der Waals surface area contributed by atoms with Gasteiger partial charge < -0.3 is 45.0 Å². The largest absolute Gasteiger partial charge is 1.00 e. The van der Waals surface area contributed by atoms with Crippen molar-refractivity contribution in [2.75, 3.05) is 33.5 Å². The molecule has 0 spiro atoms. The summed E-state index contributed by atoms with van der Waals surface area (Å²) in [5, 5.41) is 22.2. The van der Waals surface area contributed by atoms with E-state index >= 15 is 0 Å². The molecule has 10 rings (SSSR count). The normalized spacial score (nSPS) is 17.6. The molecule has 6 aromatic rings. The molecule has 1 atom stereocenters. The van der Waals surface area contributed by atoms with Gasteiger partial charge in [0.05, 0.1) is 29.4 Å². The summed E-state index contributed by atoms with van der Waals surface area (Å²) < 4.78 is 80.4. The summed E-state index contributed by atoms with van der Waals surface area (Å²) in [6.45, 7) is 13.2. The Morgan fingerprint density at radius 2 is 1.00 bits per heavy atom. The first kappa shape index (κ1) is 79.3. The minimum absolute atomic E-state index is 0. The van der Waals surface area contributed by atoms with Gasteiger partial charge in [-0.3, -0.25) is 38.3 Å². The molecule has 6 aromatic heterocycles. The Hall–Kier alpha value is -6.99. The van der Waals surface area contributed by atoms with Crippen LogP contribution >= 0.6 is 9.90 Å². The van der Waals surface area contributed by atoms with Crippen molar-refractivity contribution in [1.82, 2.24) is 39.5 Å². The van der Waals surface area contributed by atoms with Crippen LogP contribution in [0.25, 0.3) is 22.9 Å². The number of alkyl halides is 4. The summed E-state index contributed by atoms with van der Waals surface area (Å²) in [5.41, 5.74) is -2.13. The molecule has 92 heavy (non-hydrogen) atoms. The fourth-order valence-corrected chi connectivity index (χ4v) is 10.1. The number of oxazole rings is 2. The van der Waals surface area contributed by atoms with Gasteiger partial charge in [-0.1, -0.05) is 7.43 Å². The fourth-order valence-electron chi connectivity index (χ4n) is 10.1. The summed E-state index contributed by atoms with van der Waals surface area (Å²) in [7, 11) is 0. The van der Waals surface area contributed by atoms with Crippen LogP contribution in [-0.4, -0.2) is 116 Å². The minimum Gasteiger partial charge on any atom is -0.870 e. The second-order valence-corrected chi connectivity index (χ2v) is 24.2. The summed E-state index contributed by atoms with van der Waals surface area (Å²) >= 11 is 0. The Kier molecular flexibility index (Phi) is 29.1. The predicted octanol–water partition coefficient (Wildman–Crippen LogP) is 9.38. The van der Waals surface area contributed by atoms with Crippen LogP contribution in [0.4, 0.5) is 50.2 Å². The molecule has 497 valence electrons. The summed E-state index contributed by atoms with van der Waals surface area (Å²) in [6.07, 6.45) is 9.53. The maximum atomic E-state index is 13.8. The third-order valence-corrected chi connectivity index (χ3v) is 15.0. The Morgan fingerprint density at radius 3 is 1.32 bits per heavy atom. The molecule has 6 N–H and O–H groups in total. The number of aromatic nitrogens is 8. The van der Waals surface area contributed by atoms with Crippen molar-refractivity contribution in [3.63, 3.8) is 0 Å². The number of Topliss-reactive ketones (excluding diaryl/α,β-unsaturated/α-hetero) is 1. The smallest absolute Gasteiger partial charge is 0.870 e. The number of hydrogen-bond donors (Lipinski definition) is 3. The number of carbonyl (C=O) groups is 6. The first-order valence-electron chi connectivity index (χ1n) is 28.7. The Bertz CT molecular complexity index is 3220. The van der Waals surface area contributed by atoms with E-state index in [1.54, 1.807) is 72.7 Å². The number of ether oxygens (including phenoxy) is 2. The van der Waals surface area contributed by atoms with E-state index in [1.807, 2.05) is 0 Å². The van der Waals surface area contributed by atoms with E-state index in [9.17, 15) is 51.4 Å². The van der Waals surface area contributed by atoms with Crippen LogP contribution in [0.1, 0.15) is 190 Å². The van der Waals surface area contributed by atoms with E-state index < -0.39 is 71.3 Å². The number of halogens is 4. The number of nitrogens with zero attached hydrogens (tertiary/aromatic N) is 10. The van der Waals surface area contributed by atoms with Crippen molar-refractivity contribution < 1.29 is 118 Å². The van der Waals surface area contributed by atoms with E-state index in [2.05, 4.69) is 40.8 Å². The molecule has 4 amide bonds. The number of nitrogens with one attached hydrogen (secondary N) is 2. The molecule has 1 unspecified atom stereocenters. The van der Waals surface area contributed by atoms with Crippen LogP contribution in [0.3, 0.4) is 0 Å². The zero-order valence-corrected chi connectivity index (χ0v) is 54.7. The van der Waals surface area contributed by atoms with E-state index in [1.165, 1.54) is 44.0 Å². The molecule has 4 aliphatic carbocycles. The van der Waals surface area contributed by atoms with Crippen LogP contribution in [0.15, 0.2) is 70.4 Å². The van der Waals surface area contributed by atoms with Crippen LogP contribution in [0.5, 0.6) is 0 Å². The molecule has 32 heteroatoms. The number of aliphatic carboxylic acids is 1. The van der Waals surface area contributed by atoms with E-state index in [-0.39, 0.29) is 124 Å². The number of pyridine rings is 2. The molecular weight excluding hydrogens is 1260 g/mol. The zero-order chi connectivity index (χ0) is 61.8. The number of hydrogen-bond acceptors (Lipinski definition) is 17. The molecule has 0 aliphatic heterocycles. The van der Waals surface area contributed by atoms with Gasteiger partial charge in [-0.05, 0) is 162 Å². The Morgan fingerprint density at radius 1 is 0.641 bits per heavy atom. The third kappa shape index (κ3) is 21.0. The van der Waals surface area contributed by atoms with E-state index in [0.717, 1.165) is 38.2 Å². The summed E-state index contributed by atoms with van der Waals surface area (Å²) in [5.74, 6) is -1.13. The van der Waals surface area contributed by atoms with E-state index in [4.69, 9.17) is 18.3 Å². The number of rotatable bonds is 18. The van der Waals surface area contributed by atoms with Crippen LogP contribution in [-0.2, 0) is 37.6 Å². The van der Waals surface area contributed by atoms with Crippen molar-refractivity contribution in [2.45, 2.75) is 169 Å². The van der Waals surface area contributed by atoms with Crippen molar-refractivity contribution in [2.24, 2.45) is 23.7 Å². The molecule has 0 saturated heterocycles. The maximum Gasteiger partial charge on any atom is 1.00 e. The molecule has 0 aromatic carbocycles. The second-order valence-electron chi connectivity index (χ2n) is 24.2. The SMILES string of the molecule is C.CC(=O)C1CCC(n2cc(NC(=O)c3coc(-c4ccnc(N(CC5CC5)C(=O)OC(C)(C)C)c4)n3)c(C(F)F)n2)CC1.CC(C)(C)OC(=O)N(CC1CC1)c1cc(-c2nc(C(=O)Nc3cn(C4CCC(C(=O)O)CC4)nc3C(F)F)co2)ccn1.O.P.[Li+].[OH-].[V]. The van der Waals surface area contributed by atoms with Gasteiger partial charge in [0.2, 0.25) is 11.8 Å². The van der Waals surface area contributed by atoms with Gasteiger partial charge in [-0.25, -0.2) is 47.1 Å². The third-order valence-electron chi connectivity index (χ3n) is 15.0. The molecule has 4 fully saturated rings. The van der Waals surface area contributed by atoms with Crippen molar-refractivity contribution in [1.29, 1.82) is 0 Å². The summed E-state index contributed by atoms with van der Waals surface area (Å²) in [6, 6.07) is 6.08. The monoisotopic (exact) mass is 1340 g/mol. The van der Waals surface area contributed by atoms with Gasteiger partial charge in [-0.2, -0.15) is 20.1 Å². The molecule has 0 bridgehead atoms. The van der Waals surface area contributed by atoms with Crippen LogP contribution in [0.2, 0.25) is 0 Å². The number of carboxylic acids is 1.